The van der Waals surface area contributed by atoms with Crippen molar-refractivity contribution >= 4 is 17.3 Å². The van der Waals surface area contributed by atoms with Crippen LogP contribution in [0.15, 0.2) is 85.1 Å². The minimum Gasteiger partial charge on any atom is -0.398 e. The highest BCUT2D eigenvalue weighted by Gasteiger charge is 2.13. The predicted octanol–water partition coefficient (Wildman–Crippen LogP) is 3.38. The maximum atomic E-state index is 12.6. The van der Waals surface area contributed by atoms with Crippen molar-refractivity contribution in [3.8, 4) is 0 Å². The van der Waals surface area contributed by atoms with Crippen LogP contribution in [-0.2, 0) is 6.54 Å². The van der Waals surface area contributed by atoms with Crippen molar-refractivity contribution in [2.45, 2.75) is 6.54 Å². The van der Waals surface area contributed by atoms with Crippen molar-refractivity contribution < 1.29 is 4.79 Å². The second-order valence-electron chi connectivity index (χ2n) is 5.93. The van der Waals surface area contributed by atoms with Gasteiger partial charge in [0.05, 0.1) is 18.0 Å². The Morgan fingerprint density at radius 1 is 0.963 bits per heavy atom. The standard InChI is InChI=1S/C22H20N4O/c23-20(16-8-2-1-3-9-16)14-21(24)18-11-4-5-12-19(18)22(27)26-15-17-10-6-7-13-25-17/h1-14,24H,15,23H2,(H,26,27)/b20-14-,24-21?. The molecule has 1 amide bonds. The molecule has 2 aromatic carbocycles. The van der Waals surface area contributed by atoms with E-state index in [1.807, 2.05) is 48.5 Å². The Labute approximate surface area is 158 Å². The third kappa shape index (κ3) is 4.67. The van der Waals surface area contributed by atoms with Gasteiger partial charge in [-0.3, -0.25) is 9.78 Å². The fourth-order valence-corrected chi connectivity index (χ4v) is 2.63. The van der Waals surface area contributed by atoms with Crippen LogP contribution in [-0.4, -0.2) is 16.6 Å². The van der Waals surface area contributed by atoms with E-state index in [9.17, 15) is 4.79 Å². The van der Waals surface area contributed by atoms with Crippen LogP contribution in [0.3, 0.4) is 0 Å². The average Bonchev–Trinajstić information content (AvgIpc) is 2.73. The van der Waals surface area contributed by atoms with Gasteiger partial charge in [-0.25, -0.2) is 0 Å². The van der Waals surface area contributed by atoms with Gasteiger partial charge in [0.2, 0.25) is 0 Å². The third-order valence-corrected chi connectivity index (χ3v) is 4.03. The van der Waals surface area contributed by atoms with Gasteiger partial charge in [0.25, 0.3) is 5.91 Å². The molecule has 5 heteroatoms. The fraction of sp³-hybridized carbons (Fsp3) is 0.0455. The lowest BCUT2D eigenvalue weighted by Gasteiger charge is -2.10. The van der Waals surface area contributed by atoms with Crippen molar-refractivity contribution in [1.29, 1.82) is 5.41 Å². The number of pyridine rings is 1. The topological polar surface area (TPSA) is 91.9 Å². The van der Waals surface area contributed by atoms with E-state index in [0.717, 1.165) is 11.3 Å². The van der Waals surface area contributed by atoms with Crippen molar-refractivity contribution in [2.24, 2.45) is 5.73 Å². The van der Waals surface area contributed by atoms with Gasteiger partial charge in [-0.15, -0.1) is 0 Å². The number of rotatable bonds is 6. The molecule has 0 saturated heterocycles. The summed E-state index contributed by atoms with van der Waals surface area (Å²) in [7, 11) is 0. The van der Waals surface area contributed by atoms with Crippen LogP contribution >= 0.6 is 0 Å². The number of carbonyl (C=O) groups excluding carboxylic acids is 1. The molecule has 0 aliphatic heterocycles. The molecule has 1 heterocycles. The maximum absolute atomic E-state index is 12.6. The quantitative estimate of drug-likeness (QED) is 0.591. The van der Waals surface area contributed by atoms with Crippen LogP contribution < -0.4 is 11.1 Å². The highest BCUT2D eigenvalue weighted by atomic mass is 16.1. The van der Waals surface area contributed by atoms with Gasteiger partial charge >= 0.3 is 0 Å². The van der Waals surface area contributed by atoms with E-state index in [1.54, 1.807) is 36.5 Å². The molecule has 3 rings (SSSR count). The molecule has 4 N–H and O–H groups in total. The monoisotopic (exact) mass is 356 g/mol. The van der Waals surface area contributed by atoms with Crippen LogP contribution in [0.5, 0.6) is 0 Å². The first kappa shape index (κ1) is 18.1. The molecule has 0 spiro atoms. The molecule has 5 nitrogen and oxygen atoms in total. The number of allylic oxidation sites excluding steroid dienone is 1. The lowest BCUT2D eigenvalue weighted by Crippen LogP contribution is -2.25. The summed E-state index contributed by atoms with van der Waals surface area (Å²) in [5.41, 5.74) is 9.31. The molecule has 1 aromatic heterocycles. The van der Waals surface area contributed by atoms with Crippen LogP contribution in [0.1, 0.15) is 27.2 Å². The van der Waals surface area contributed by atoms with E-state index in [-0.39, 0.29) is 11.6 Å². The normalized spacial score (nSPS) is 11.0. The van der Waals surface area contributed by atoms with Crippen LogP contribution in [0, 0.1) is 5.41 Å². The minimum absolute atomic E-state index is 0.180. The number of carbonyl (C=O) groups is 1. The molecule has 0 atom stereocenters. The van der Waals surface area contributed by atoms with Gasteiger partial charge in [0.1, 0.15) is 0 Å². The van der Waals surface area contributed by atoms with E-state index >= 15 is 0 Å². The van der Waals surface area contributed by atoms with Gasteiger partial charge in [-0.2, -0.15) is 0 Å². The Hall–Kier alpha value is -3.73. The Kier molecular flexibility index (Phi) is 5.74. The van der Waals surface area contributed by atoms with E-state index in [4.69, 9.17) is 11.1 Å². The molecule has 0 aliphatic rings. The lowest BCUT2D eigenvalue weighted by atomic mass is 10.0. The second kappa shape index (κ2) is 8.58. The number of amides is 1. The highest BCUT2D eigenvalue weighted by Crippen LogP contribution is 2.14. The number of nitrogens with two attached hydrogens (primary N) is 1. The zero-order chi connectivity index (χ0) is 19.1. The molecule has 0 aliphatic carbocycles. The second-order valence-corrected chi connectivity index (χ2v) is 5.93. The number of hydrogen-bond donors (Lipinski definition) is 3. The van der Waals surface area contributed by atoms with Crippen molar-refractivity contribution in [2.75, 3.05) is 0 Å². The molecular formula is C22H20N4O. The number of nitrogens with one attached hydrogen (secondary N) is 2. The highest BCUT2D eigenvalue weighted by molar-refractivity contribution is 6.15. The minimum atomic E-state index is -0.257. The number of nitrogens with zero attached hydrogens (tertiary/aromatic N) is 1. The Morgan fingerprint density at radius 3 is 2.33 bits per heavy atom. The SMILES string of the molecule is N=C(/C=C(\N)c1ccccc1)c1ccccc1C(=O)NCc1ccccn1. The smallest absolute Gasteiger partial charge is 0.252 e. The summed E-state index contributed by atoms with van der Waals surface area (Å²) in [6, 6.07) is 22.0. The van der Waals surface area contributed by atoms with Gasteiger partial charge < -0.3 is 16.5 Å². The molecule has 134 valence electrons. The Morgan fingerprint density at radius 2 is 1.63 bits per heavy atom. The van der Waals surface area contributed by atoms with Gasteiger partial charge in [0.15, 0.2) is 0 Å². The first-order valence-electron chi connectivity index (χ1n) is 8.54. The molecule has 0 radical (unpaired) electrons. The van der Waals surface area contributed by atoms with Crippen LogP contribution in [0.4, 0.5) is 0 Å². The molecular weight excluding hydrogens is 336 g/mol. The zero-order valence-corrected chi connectivity index (χ0v) is 14.7. The van der Waals surface area contributed by atoms with Crippen LogP contribution in [0.25, 0.3) is 5.70 Å². The Bertz CT molecular complexity index is 966. The maximum Gasteiger partial charge on any atom is 0.252 e. The third-order valence-electron chi connectivity index (χ3n) is 4.03. The fourth-order valence-electron chi connectivity index (χ4n) is 2.63. The van der Waals surface area contributed by atoms with Crippen molar-refractivity contribution in [3.63, 3.8) is 0 Å². The summed E-state index contributed by atoms with van der Waals surface area (Å²) >= 11 is 0. The summed E-state index contributed by atoms with van der Waals surface area (Å²) in [4.78, 5) is 16.8. The van der Waals surface area contributed by atoms with E-state index < -0.39 is 0 Å². The van der Waals surface area contributed by atoms with E-state index in [1.165, 1.54) is 0 Å². The van der Waals surface area contributed by atoms with Crippen molar-refractivity contribution in [1.82, 2.24) is 10.3 Å². The number of benzene rings is 2. The summed E-state index contributed by atoms with van der Waals surface area (Å²) in [6.45, 7) is 0.323. The van der Waals surface area contributed by atoms with Gasteiger partial charge in [0, 0.05) is 23.0 Å². The molecule has 27 heavy (non-hydrogen) atoms. The molecule has 0 bridgehead atoms. The zero-order valence-electron chi connectivity index (χ0n) is 14.7. The van der Waals surface area contributed by atoms with Crippen molar-refractivity contribution in [3.05, 3.63) is 107 Å². The first-order chi connectivity index (χ1) is 13.1. The Balaban J connectivity index is 1.79. The van der Waals surface area contributed by atoms with Gasteiger partial charge in [-0.05, 0) is 29.8 Å². The predicted molar refractivity (Wildman–Crippen MR) is 107 cm³/mol. The summed E-state index contributed by atoms with van der Waals surface area (Å²) in [6.07, 6.45) is 3.25. The number of hydrogen-bond acceptors (Lipinski definition) is 4. The number of aromatic nitrogens is 1. The van der Waals surface area contributed by atoms with E-state index in [0.29, 0.717) is 23.4 Å². The van der Waals surface area contributed by atoms with Crippen LogP contribution in [0.2, 0.25) is 0 Å². The molecule has 0 unspecified atom stereocenters. The first-order valence-corrected chi connectivity index (χ1v) is 8.54. The molecule has 0 saturated carbocycles. The van der Waals surface area contributed by atoms with E-state index in [2.05, 4.69) is 10.3 Å². The largest absolute Gasteiger partial charge is 0.398 e. The van der Waals surface area contributed by atoms with Gasteiger partial charge in [-0.1, -0.05) is 54.6 Å². The average molecular weight is 356 g/mol. The summed E-state index contributed by atoms with van der Waals surface area (Å²) in [5.74, 6) is -0.257. The molecule has 0 fully saturated rings. The molecule has 3 aromatic rings. The summed E-state index contributed by atoms with van der Waals surface area (Å²) < 4.78 is 0. The lowest BCUT2D eigenvalue weighted by molar-refractivity contribution is 0.0950. The summed E-state index contributed by atoms with van der Waals surface area (Å²) in [5, 5.41) is 11.2.